The topological polar surface area (TPSA) is 46.3 Å². The van der Waals surface area contributed by atoms with Gasteiger partial charge in [0.1, 0.15) is 0 Å². The van der Waals surface area contributed by atoms with Gasteiger partial charge in [0.15, 0.2) is 0 Å². The Morgan fingerprint density at radius 1 is 1.53 bits per heavy atom. The first-order valence-corrected chi connectivity index (χ1v) is 6.16. The van der Waals surface area contributed by atoms with Gasteiger partial charge in [-0.3, -0.25) is 4.79 Å². The Labute approximate surface area is 103 Å². The van der Waals surface area contributed by atoms with Crippen molar-refractivity contribution in [2.24, 2.45) is 11.7 Å². The van der Waals surface area contributed by atoms with E-state index in [1.165, 1.54) is 5.56 Å². The van der Waals surface area contributed by atoms with Gasteiger partial charge in [-0.15, -0.1) is 0 Å². The average Bonchev–Trinajstić information content (AvgIpc) is 2.57. The van der Waals surface area contributed by atoms with E-state index in [2.05, 4.69) is 26.0 Å². The molecule has 3 nitrogen and oxygen atoms in total. The molecule has 2 atom stereocenters. The second-order valence-corrected chi connectivity index (χ2v) is 5.13. The monoisotopic (exact) mass is 232 g/mol. The smallest absolute Gasteiger partial charge is 0.222 e. The summed E-state index contributed by atoms with van der Waals surface area (Å²) >= 11 is 0. The molecule has 1 fully saturated rings. The van der Waals surface area contributed by atoms with E-state index in [4.69, 9.17) is 5.73 Å². The van der Waals surface area contributed by atoms with Crippen molar-refractivity contribution in [3.05, 3.63) is 35.4 Å². The van der Waals surface area contributed by atoms with Crippen molar-refractivity contribution in [3.63, 3.8) is 0 Å². The molecule has 1 aromatic carbocycles. The van der Waals surface area contributed by atoms with Crippen LogP contribution in [0.3, 0.4) is 0 Å². The fraction of sp³-hybridized carbons (Fsp3) is 0.500. The van der Waals surface area contributed by atoms with E-state index in [0.717, 1.165) is 12.1 Å². The van der Waals surface area contributed by atoms with Gasteiger partial charge in [-0.05, 0) is 18.4 Å². The number of nitrogens with zero attached hydrogens (tertiary/aromatic N) is 1. The van der Waals surface area contributed by atoms with Gasteiger partial charge in [-0.25, -0.2) is 0 Å². The van der Waals surface area contributed by atoms with Gasteiger partial charge in [-0.2, -0.15) is 0 Å². The molecule has 3 heteroatoms. The number of hydrogen-bond acceptors (Lipinski definition) is 2. The van der Waals surface area contributed by atoms with Gasteiger partial charge >= 0.3 is 0 Å². The highest BCUT2D eigenvalue weighted by atomic mass is 16.2. The fourth-order valence-electron chi connectivity index (χ4n) is 2.39. The quantitative estimate of drug-likeness (QED) is 0.864. The minimum absolute atomic E-state index is 0.0795. The maximum Gasteiger partial charge on any atom is 0.222 e. The third kappa shape index (κ3) is 2.86. The Balaban J connectivity index is 2.02. The molecular formula is C14H20N2O. The van der Waals surface area contributed by atoms with Crippen LogP contribution in [0.25, 0.3) is 0 Å². The van der Waals surface area contributed by atoms with Gasteiger partial charge in [0.25, 0.3) is 0 Å². The molecule has 2 unspecified atom stereocenters. The van der Waals surface area contributed by atoms with E-state index in [0.29, 0.717) is 18.9 Å². The summed E-state index contributed by atoms with van der Waals surface area (Å²) < 4.78 is 0. The lowest BCUT2D eigenvalue weighted by atomic mass is 10.0. The molecule has 1 aliphatic rings. The molecular weight excluding hydrogens is 212 g/mol. The molecule has 0 bridgehead atoms. The molecule has 0 aromatic heterocycles. The predicted molar refractivity (Wildman–Crippen MR) is 68.5 cm³/mol. The van der Waals surface area contributed by atoms with Crippen LogP contribution in [0.4, 0.5) is 0 Å². The van der Waals surface area contributed by atoms with E-state index >= 15 is 0 Å². The molecule has 2 N–H and O–H groups in total. The third-order valence-corrected chi connectivity index (χ3v) is 3.30. The maximum absolute atomic E-state index is 11.7. The number of hydrogen-bond donors (Lipinski definition) is 1. The summed E-state index contributed by atoms with van der Waals surface area (Å²) in [5.41, 5.74) is 8.47. The Bertz CT molecular complexity index is 416. The molecule has 17 heavy (non-hydrogen) atoms. The zero-order valence-electron chi connectivity index (χ0n) is 10.5. The predicted octanol–water partition coefficient (Wildman–Crippen LogP) is 1.86. The van der Waals surface area contributed by atoms with Crippen molar-refractivity contribution in [1.82, 2.24) is 4.90 Å². The molecule has 1 aromatic rings. The summed E-state index contributed by atoms with van der Waals surface area (Å²) in [5.74, 6) is 0.702. The van der Waals surface area contributed by atoms with Crippen molar-refractivity contribution in [2.75, 3.05) is 13.1 Å². The lowest BCUT2D eigenvalue weighted by Gasteiger charge is -2.21. The maximum atomic E-state index is 11.7. The Kier molecular flexibility index (Phi) is 3.48. The first-order chi connectivity index (χ1) is 8.06. The zero-order chi connectivity index (χ0) is 12.4. The Hall–Kier alpha value is -1.35. The highest BCUT2D eigenvalue weighted by Crippen LogP contribution is 2.20. The molecule has 0 aliphatic carbocycles. The first kappa shape index (κ1) is 12.1. The van der Waals surface area contributed by atoms with Crippen molar-refractivity contribution >= 4 is 5.91 Å². The van der Waals surface area contributed by atoms with Crippen molar-refractivity contribution in [3.8, 4) is 0 Å². The third-order valence-electron chi connectivity index (χ3n) is 3.30. The standard InChI is InChI=1S/C14H20N2O/c1-10-4-3-5-12(6-10)13(15)9-16-8-11(2)7-14(16)17/h3-6,11,13H,7-9,15H2,1-2H3. The summed E-state index contributed by atoms with van der Waals surface area (Å²) in [6.07, 6.45) is 0.667. The van der Waals surface area contributed by atoms with E-state index in [1.54, 1.807) is 0 Å². The Morgan fingerprint density at radius 3 is 2.88 bits per heavy atom. The number of likely N-dealkylation sites (tertiary alicyclic amines) is 1. The summed E-state index contributed by atoms with van der Waals surface area (Å²) in [4.78, 5) is 13.6. The van der Waals surface area contributed by atoms with Gasteiger partial charge < -0.3 is 10.6 Å². The lowest BCUT2D eigenvalue weighted by Crippen LogP contribution is -2.33. The number of aryl methyl sites for hydroxylation is 1. The zero-order valence-corrected chi connectivity index (χ0v) is 10.5. The number of carbonyl (C=O) groups excluding carboxylic acids is 1. The molecule has 1 amide bonds. The van der Waals surface area contributed by atoms with Crippen LogP contribution in [-0.2, 0) is 4.79 Å². The number of rotatable bonds is 3. The van der Waals surface area contributed by atoms with Crippen LogP contribution in [-0.4, -0.2) is 23.9 Å². The molecule has 0 radical (unpaired) electrons. The lowest BCUT2D eigenvalue weighted by molar-refractivity contribution is -0.127. The van der Waals surface area contributed by atoms with Crippen LogP contribution >= 0.6 is 0 Å². The molecule has 1 heterocycles. The van der Waals surface area contributed by atoms with Crippen LogP contribution in [0.1, 0.15) is 30.5 Å². The summed E-state index contributed by atoms with van der Waals surface area (Å²) in [6.45, 7) is 5.64. The largest absolute Gasteiger partial charge is 0.341 e. The number of benzene rings is 1. The highest BCUT2D eigenvalue weighted by molar-refractivity contribution is 5.78. The van der Waals surface area contributed by atoms with Crippen LogP contribution in [0, 0.1) is 12.8 Å². The number of amides is 1. The fourth-order valence-corrected chi connectivity index (χ4v) is 2.39. The van der Waals surface area contributed by atoms with Gasteiger partial charge in [0, 0.05) is 25.6 Å². The van der Waals surface area contributed by atoms with Crippen molar-refractivity contribution in [2.45, 2.75) is 26.3 Å². The van der Waals surface area contributed by atoms with Crippen molar-refractivity contribution in [1.29, 1.82) is 0 Å². The minimum Gasteiger partial charge on any atom is -0.341 e. The first-order valence-electron chi connectivity index (χ1n) is 6.16. The molecule has 1 aliphatic heterocycles. The second-order valence-electron chi connectivity index (χ2n) is 5.13. The van der Waals surface area contributed by atoms with Gasteiger partial charge in [-0.1, -0.05) is 36.8 Å². The van der Waals surface area contributed by atoms with Crippen LogP contribution < -0.4 is 5.73 Å². The molecule has 0 saturated carbocycles. The minimum atomic E-state index is -0.0795. The number of carbonyl (C=O) groups is 1. The van der Waals surface area contributed by atoms with E-state index in [9.17, 15) is 4.79 Å². The van der Waals surface area contributed by atoms with Gasteiger partial charge in [0.05, 0.1) is 0 Å². The molecule has 2 rings (SSSR count). The van der Waals surface area contributed by atoms with E-state index < -0.39 is 0 Å². The molecule has 0 spiro atoms. The summed E-state index contributed by atoms with van der Waals surface area (Å²) in [5, 5.41) is 0. The SMILES string of the molecule is Cc1cccc(C(N)CN2CC(C)CC2=O)c1. The molecule has 1 saturated heterocycles. The van der Waals surface area contributed by atoms with Crippen LogP contribution in [0.5, 0.6) is 0 Å². The van der Waals surface area contributed by atoms with Gasteiger partial charge in [0.2, 0.25) is 5.91 Å². The van der Waals surface area contributed by atoms with E-state index in [1.807, 2.05) is 17.0 Å². The van der Waals surface area contributed by atoms with Crippen molar-refractivity contribution < 1.29 is 4.79 Å². The normalized spacial score (nSPS) is 21.9. The summed E-state index contributed by atoms with van der Waals surface area (Å²) in [6, 6.07) is 8.11. The van der Waals surface area contributed by atoms with Crippen LogP contribution in [0.15, 0.2) is 24.3 Å². The van der Waals surface area contributed by atoms with E-state index in [-0.39, 0.29) is 11.9 Å². The summed E-state index contributed by atoms with van der Waals surface area (Å²) in [7, 11) is 0. The highest BCUT2D eigenvalue weighted by Gasteiger charge is 2.27. The molecule has 92 valence electrons. The number of nitrogens with two attached hydrogens (primary N) is 1. The average molecular weight is 232 g/mol. The Morgan fingerprint density at radius 2 is 2.29 bits per heavy atom. The second kappa shape index (κ2) is 4.88. The van der Waals surface area contributed by atoms with Crippen LogP contribution in [0.2, 0.25) is 0 Å².